The van der Waals surface area contributed by atoms with Crippen molar-refractivity contribution in [1.82, 2.24) is 9.80 Å². The number of amides is 1. The van der Waals surface area contributed by atoms with Crippen LogP contribution in [-0.4, -0.2) is 54.5 Å². The Kier molecular flexibility index (Phi) is 3.57. The fourth-order valence-electron chi connectivity index (χ4n) is 4.07. The molecule has 0 aromatic heterocycles. The highest BCUT2D eigenvalue weighted by molar-refractivity contribution is 5.79. The first-order valence-electron chi connectivity index (χ1n) is 7.52. The van der Waals surface area contributed by atoms with Crippen LogP contribution in [0.1, 0.15) is 32.1 Å². The van der Waals surface area contributed by atoms with Gasteiger partial charge in [-0.25, -0.2) is 0 Å². The molecule has 1 saturated carbocycles. The minimum Gasteiger partial charge on any atom is -0.340 e. The van der Waals surface area contributed by atoms with E-state index in [0.717, 1.165) is 32.5 Å². The first-order valence-corrected chi connectivity index (χ1v) is 7.52. The van der Waals surface area contributed by atoms with E-state index in [4.69, 9.17) is 5.73 Å². The largest absolute Gasteiger partial charge is 0.340 e. The van der Waals surface area contributed by atoms with E-state index >= 15 is 0 Å². The molecule has 2 saturated heterocycles. The standard InChI is InChI=1S/C14H25N3O/c15-9-11-3-1-5-13(11)14(18)17-8-7-16-6-2-4-12(16)10-17/h11-13H,1-10,15H2. The summed E-state index contributed by atoms with van der Waals surface area (Å²) < 4.78 is 0. The monoisotopic (exact) mass is 251 g/mol. The van der Waals surface area contributed by atoms with Crippen LogP contribution in [-0.2, 0) is 4.79 Å². The van der Waals surface area contributed by atoms with Crippen molar-refractivity contribution < 1.29 is 4.79 Å². The molecule has 4 nitrogen and oxygen atoms in total. The molecule has 3 aliphatic rings. The molecule has 0 bridgehead atoms. The summed E-state index contributed by atoms with van der Waals surface area (Å²) in [7, 11) is 0. The van der Waals surface area contributed by atoms with Crippen molar-refractivity contribution >= 4 is 5.91 Å². The maximum atomic E-state index is 12.6. The number of hydrogen-bond donors (Lipinski definition) is 1. The highest BCUT2D eigenvalue weighted by Gasteiger charge is 2.38. The van der Waals surface area contributed by atoms with E-state index < -0.39 is 0 Å². The van der Waals surface area contributed by atoms with Gasteiger partial charge in [-0.15, -0.1) is 0 Å². The second-order valence-corrected chi connectivity index (χ2v) is 6.15. The smallest absolute Gasteiger partial charge is 0.226 e. The van der Waals surface area contributed by atoms with Gasteiger partial charge in [0.1, 0.15) is 0 Å². The van der Waals surface area contributed by atoms with Crippen molar-refractivity contribution in [3.8, 4) is 0 Å². The minimum absolute atomic E-state index is 0.225. The summed E-state index contributed by atoms with van der Waals surface area (Å²) >= 11 is 0. The van der Waals surface area contributed by atoms with Crippen LogP contribution in [0.2, 0.25) is 0 Å². The molecular weight excluding hydrogens is 226 g/mol. The number of carbonyl (C=O) groups excluding carboxylic acids is 1. The van der Waals surface area contributed by atoms with Gasteiger partial charge >= 0.3 is 0 Å². The van der Waals surface area contributed by atoms with Crippen LogP contribution < -0.4 is 5.73 Å². The normalized spacial score (nSPS) is 36.9. The van der Waals surface area contributed by atoms with Gasteiger partial charge in [0.25, 0.3) is 0 Å². The van der Waals surface area contributed by atoms with Crippen LogP contribution in [0, 0.1) is 11.8 Å². The van der Waals surface area contributed by atoms with Crippen molar-refractivity contribution in [2.24, 2.45) is 17.6 Å². The highest BCUT2D eigenvalue weighted by Crippen LogP contribution is 2.33. The van der Waals surface area contributed by atoms with Gasteiger partial charge in [0, 0.05) is 31.6 Å². The summed E-state index contributed by atoms with van der Waals surface area (Å²) in [5.41, 5.74) is 5.80. The molecule has 3 atom stereocenters. The topological polar surface area (TPSA) is 49.6 Å². The Hall–Kier alpha value is -0.610. The quantitative estimate of drug-likeness (QED) is 0.784. The third-order valence-electron chi connectivity index (χ3n) is 5.18. The number of hydrogen-bond acceptors (Lipinski definition) is 3. The lowest BCUT2D eigenvalue weighted by atomic mass is 9.94. The van der Waals surface area contributed by atoms with Crippen molar-refractivity contribution in [2.45, 2.75) is 38.1 Å². The molecule has 3 unspecified atom stereocenters. The maximum absolute atomic E-state index is 12.6. The van der Waals surface area contributed by atoms with Crippen LogP contribution in [0.25, 0.3) is 0 Å². The molecule has 0 aromatic rings. The number of nitrogens with two attached hydrogens (primary N) is 1. The van der Waals surface area contributed by atoms with Crippen LogP contribution in [0.3, 0.4) is 0 Å². The number of nitrogens with zero attached hydrogens (tertiary/aromatic N) is 2. The third-order valence-corrected chi connectivity index (χ3v) is 5.18. The minimum atomic E-state index is 0.225. The van der Waals surface area contributed by atoms with Gasteiger partial charge in [0.2, 0.25) is 5.91 Å². The fourth-order valence-corrected chi connectivity index (χ4v) is 4.07. The zero-order valence-electron chi connectivity index (χ0n) is 11.2. The van der Waals surface area contributed by atoms with E-state index in [-0.39, 0.29) is 5.92 Å². The molecule has 1 amide bonds. The Morgan fingerprint density at radius 3 is 2.83 bits per heavy atom. The van der Waals surface area contributed by atoms with Crippen LogP contribution >= 0.6 is 0 Å². The molecule has 18 heavy (non-hydrogen) atoms. The molecule has 0 spiro atoms. The Morgan fingerprint density at radius 2 is 2.00 bits per heavy atom. The number of carbonyl (C=O) groups is 1. The van der Waals surface area contributed by atoms with Gasteiger partial charge in [0.15, 0.2) is 0 Å². The first kappa shape index (κ1) is 12.4. The van der Waals surface area contributed by atoms with E-state index in [0.29, 0.717) is 24.4 Å². The second-order valence-electron chi connectivity index (χ2n) is 6.15. The van der Waals surface area contributed by atoms with E-state index in [1.54, 1.807) is 0 Å². The number of rotatable bonds is 2. The van der Waals surface area contributed by atoms with E-state index in [1.165, 1.54) is 25.8 Å². The van der Waals surface area contributed by atoms with Gasteiger partial charge in [-0.05, 0) is 44.7 Å². The Balaban J connectivity index is 1.62. The van der Waals surface area contributed by atoms with Crippen molar-refractivity contribution in [3.63, 3.8) is 0 Å². The fraction of sp³-hybridized carbons (Fsp3) is 0.929. The van der Waals surface area contributed by atoms with Crippen molar-refractivity contribution in [2.75, 3.05) is 32.7 Å². The average Bonchev–Trinajstić information content (AvgIpc) is 3.05. The molecular formula is C14H25N3O. The molecule has 3 fully saturated rings. The molecule has 2 aliphatic heterocycles. The lowest BCUT2D eigenvalue weighted by molar-refractivity contribution is -0.139. The summed E-state index contributed by atoms with van der Waals surface area (Å²) in [6, 6.07) is 0.639. The van der Waals surface area contributed by atoms with Crippen molar-refractivity contribution in [1.29, 1.82) is 0 Å². The van der Waals surface area contributed by atoms with Gasteiger partial charge in [-0.2, -0.15) is 0 Å². The SMILES string of the molecule is NCC1CCCC1C(=O)N1CCN2CCCC2C1. The summed E-state index contributed by atoms with van der Waals surface area (Å²) in [5, 5.41) is 0. The summed E-state index contributed by atoms with van der Waals surface area (Å²) in [5.74, 6) is 1.07. The molecule has 4 heteroatoms. The molecule has 3 rings (SSSR count). The van der Waals surface area contributed by atoms with Gasteiger partial charge in [-0.1, -0.05) is 6.42 Å². The second kappa shape index (κ2) is 5.17. The van der Waals surface area contributed by atoms with Gasteiger partial charge in [-0.3, -0.25) is 9.69 Å². The van der Waals surface area contributed by atoms with E-state index in [9.17, 15) is 4.79 Å². The predicted octanol–water partition coefficient (Wildman–Crippen LogP) is 0.668. The van der Waals surface area contributed by atoms with Crippen LogP contribution in [0.4, 0.5) is 0 Å². The van der Waals surface area contributed by atoms with Crippen LogP contribution in [0.5, 0.6) is 0 Å². The lowest BCUT2D eigenvalue weighted by Crippen LogP contribution is -2.53. The molecule has 0 radical (unpaired) electrons. The molecule has 1 aliphatic carbocycles. The summed E-state index contributed by atoms with van der Waals surface area (Å²) in [6.45, 7) is 4.90. The first-order chi connectivity index (χ1) is 8.79. The predicted molar refractivity (Wildman–Crippen MR) is 71.1 cm³/mol. The maximum Gasteiger partial charge on any atom is 0.226 e. The number of fused-ring (bicyclic) bond motifs is 1. The molecule has 102 valence electrons. The highest BCUT2D eigenvalue weighted by atomic mass is 16.2. The van der Waals surface area contributed by atoms with E-state index in [1.807, 2.05) is 0 Å². The van der Waals surface area contributed by atoms with Gasteiger partial charge in [0.05, 0.1) is 0 Å². The summed E-state index contributed by atoms with van der Waals surface area (Å²) in [6.07, 6.45) is 5.97. The van der Waals surface area contributed by atoms with Crippen LogP contribution in [0.15, 0.2) is 0 Å². The zero-order valence-corrected chi connectivity index (χ0v) is 11.2. The van der Waals surface area contributed by atoms with E-state index in [2.05, 4.69) is 9.80 Å². The number of piperazine rings is 1. The lowest BCUT2D eigenvalue weighted by Gasteiger charge is -2.39. The average molecular weight is 251 g/mol. The van der Waals surface area contributed by atoms with Crippen molar-refractivity contribution in [3.05, 3.63) is 0 Å². The molecule has 0 aromatic carbocycles. The third kappa shape index (κ3) is 2.16. The Labute approximate surface area is 109 Å². The van der Waals surface area contributed by atoms with Gasteiger partial charge < -0.3 is 10.6 Å². The Bertz CT molecular complexity index is 320. The molecule has 2 heterocycles. The molecule has 2 N–H and O–H groups in total. The zero-order chi connectivity index (χ0) is 12.5. The Morgan fingerprint density at radius 1 is 1.11 bits per heavy atom. The summed E-state index contributed by atoms with van der Waals surface area (Å²) in [4.78, 5) is 17.3.